The van der Waals surface area contributed by atoms with Gasteiger partial charge in [-0.25, -0.2) is 9.50 Å². The van der Waals surface area contributed by atoms with Crippen LogP contribution in [-0.2, 0) is 0 Å². The first-order valence-corrected chi connectivity index (χ1v) is 8.92. The molecule has 1 unspecified atom stereocenters. The molecule has 0 spiro atoms. The SMILES string of the molecule is COc1ccc(OC)c(C2Nc3ccccc3-c3nc(N)nn4ccc2c34)c1. The second kappa shape index (κ2) is 6.16. The standard InChI is InChI=1S/C21H19N5O2/c1-27-12-7-8-17(28-2)15(11-12)18-14-9-10-26-20(14)19(24-21(22)25-26)13-5-3-4-6-16(13)23-18/h3-11,18,23H,1-2H3,(H2,22,25). The Morgan fingerprint density at radius 3 is 2.71 bits per heavy atom. The molecule has 0 radical (unpaired) electrons. The summed E-state index contributed by atoms with van der Waals surface area (Å²) in [6, 6.07) is 15.7. The van der Waals surface area contributed by atoms with Crippen molar-refractivity contribution in [3.8, 4) is 22.8 Å². The molecule has 7 nitrogen and oxygen atoms in total. The van der Waals surface area contributed by atoms with Crippen molar-refractivity contribution in [1.29, 1.82) is 0 Å². The Bertz CT molecular complexity index is 1200. The van der Waals surface area contributed by atoms with Crippen molar-refractivity contribution < 1.29 is 9.47 Å². The van der Waals surface area contributed by atoms with Crippen molar-refractivity contribution in [2.24, 2.45) is 0 Å². The van der Waals surface area contributed by atoms with Gasteiger partial charge in [0.2, 0.25) is 5.95 Å². The van der Waals surface area contributed by atoms with Gasteiger partial charge in [-0.15, -0.1) is 5.10 Å². The van der Waals surface area contributed by atoms with Gasteiger partial charge in [-0.05, 0) is 30.3 Å². The van der Waals surface area contributed by atoms with Gasteiger partial charge in [-0.1, -0.05) is 18.2 Å². The third kappa shape index (κ3) is 2.36. The van der Waals surface area contributed by atoms with Gasteiger partial charge in [0.25, 0.3) is 0 Å². The third-order valence-corrected chi connectivity index (χ3v) is 5.10. The highest BCUT2D eigenvalue weighted by molar-refractivity contribution is 5.90. The number of hydrogen-bond acceptors (Lipinski definition) is 6. The highest BCUT2D eigenvalue weighted by atomic mass is 16.5. The van der Waals surface area contributed by atoms with Gasteiger partial charge in [0.15, 0.2) is 0 Å². The Morgan fingerprint density at radius 2 is 1.89 bits per heavy atom. The summed E-state index contributed by atoms with van der Waals surface area (Å²) in [5.74, 6) is 1.77. The van der Waals surface area contributed by atoms with E-state index in [9.17, 15) is 0 Å². The average molecular weight is 373 g/mol. The van der Waals surface area contributed by atoms with Gasteiger partial charge in [0.1, 0.15) is 17.2 Å². The molecule has 4 aromatic rings. The molecule has 3 heterocycles. The molecule has 7 heteroatoms. The van der Waals surface area contributed by atoms with E-state index in [-0.39, 0.29) is 12.0 Å². The number of aromatic nitrogens is 3. The van der Waals surface area contributed by atoms with Gasteiger partial charge in [0, 0.05) is 28.6 Å². The molecule has 140 valence electrons. The molecule has 0 amide bonds. The lowest BCUT2D eigenvalue weighted by molar-refractivity contribution is 0.398. The van der Waals surface area contributed by atoms with Crippen LogP contribution >= 0.6 is 0 Å². The van der Waals surface area contributed by atoms with E-state index in [1.807, 2.05) is 54.7 Å². The van der Waals surface area contributed by atoms with Crippen LogP contribution in [0.4, 0.5) is 11.6 Å². The number of nitrogens with zero attached hydrogens (tertiary/aromatic N) is 3. The van der Waals surface area contributed by atoms with Gasteiger partial charge in [-0.2, -0.15) is 0 Å². The lowest BCUT2D eigenvalue weighted by Crippen LogP contribution is -2.13. The zero-order valence-corrected chi connectivity index (χ0v) is 15.5. The molecule has 28 heavy (non-hydrogen) atoms. The first kappa shape index (κ1) is 16.4. The average Bonchev–Trinajstić information content (AvgIpc) is 3.08. The van der Waals surface area contributed by atoms with Crippen LogP contribution in [0, 0.1) is 0 Å². The molecular formula is C21H19N5O2. The molecule has 0 saturated carbocycles. The summed E-state index contributed by atoms with van der Waals surface area (Å²) in [6.07, 6.45) is 1.90. The maximum atomic E-state index is 5.97. The quantitative estimate of drug-likeness (QED) is 0.571. The van der Waals surface area contributed by atoms with E-state index in [4.69, 9.17) is 15.2 Å². The molecule has 5 rings (SSSR count). The normalized spacial score (nSPS) is 14.9. The number of benzene rings is 2. The van der Waals surface area contributed by atoms with E-state index in [0.717, 1.165) is 45.1 Å². The zero-order valence-electron chi connectivity index (χ0n) is 15.5. The Morgan fingerprint density at radius 1 is 1.04 bits per heavy atom. The largest absolute Gasteiger partial charge is 0.497 e. The molecule has 1 aliphatic rings. The highest BCUT2D eigenvalue weighted by Crippen LogP contribution is 2.44. The Kier molecular flexibility index (Phi) is 3.61. The zero-order chi connectivity index (χ0) is 19.3. The Balaban J connectivity index is 1.84. The van der Waals surface area contributed by atoms with Crippen LogP contribution in [0.1, 0.15) is 17.2 Å². The van der Waals surface area contributed by atoms with Crippen LogP contribution in [0.15, 0.2) is 54.7 Å². The van der Waals surface area contributed by atoms with Crippen LogP contribution in [0.5, 0.6) is 11.5 Å². The van der Waals surface area contributed by atoms with Gasteiger partial charge >= 0.3 is 0 Å². The fourth-order valence-electron chi connectivity index (χ4n) is 3.85. The summed E-state index contributed by atoms with van der Waals surface area (Å²) in [7, 11) is 3.33. The lowest BCUT2D eigenvalue weighted by atomic mass is 9.98. The van der Waals surface area contributed by atoms with Gasteiger partial charge < -0.3 is 20.5 Å². The molecular weight excluding hydrogens is 354 g/mol. The summed E-state index contributed by atoms with van der Waals surface area (Å²) in [6.45, 7) is 0. The summed E-state index contributed by atoms with van der Waals surface area (Å²) < 4.78 is 12.9. The van der Waals surface area contributed by atoms with Crippen LogP contribution in [0.25, 0.3) is 16.8 Å². The number of hydrogen-bond donors (Lipinski definition) is 2. The molecule has 0 saturated heterocycles. The van der Waals surface area contributed by atoms with Crippen LogP contribution < -0.4 is 20.5 Å². The fraction of sp³-hybridized carbons (Fsp3) is 0.143. The first-order chi connectivity index (χ1) is 13.7. The number of nitrogen functional groups attached to an aromatic ring is 1. The Labute approximate surface area is 161 Å². The number of para-hydroxylation sites is 1. The highest BCUT2D eigenvalue weighted by Gasteiger charge is 2.29. The molecule has 1 aliphatic heterocycles. The lowest BCUT2D eigenvalue weighted by Gasteiger charge is -2.22. The summed E-state index contributed by atoms with van der Waals surface area (Å²) in [5.41, 5.74) is 11.6. The molecule has 3 N–H and O–H groups in total. The minimum absolute atomic E-state index is 0.176. The first-order valence-electron chi connectivity index (χ1n) is 8.92. The molecule has 0 bridgehead atoms. The predicted molar refractivity (Wildman–Crippen MR) is 108 cm³/mol. The third-order valence-electron chi connectivity index (χ3n) is 5.10. The van der Waals surface area contributed by atoms with Crippen molar-refractivity contribution in [1.82, 2.24) is 14.6 Å². The number of nitrogens with two attached hydrogens (primary N) is 1. The fourth-order valence-corrected chi connectivity index (χ4v) is 3.85. The van der Waals surface area contributed by atoms with Crippen molar-refractivity contribution >= 4 is 17.2 Å². The van der Waals surface area contributed by atoms with Crippen molar-refractivity contribution in [2.45, 2.75) is 6.04 Å². The van der Waals surface area contributed by atoms with E-state index in [1.165, 1.54) is 0 Å². The van der Waals surface area contributed by atoms with Crippen molar-refractivity contribution in [3.63, 3.8) is 0 Å². The maximum absolute atomic E-state index is 5.97. The van der Waals surface area contributed by atoms with Gasteiger partial charge in [0.05, 0.1) is 25.8 Å². The molecule has 2 aromatic carbocycles. The molecule has 1 atom stereocenters. The van der Waals surface area contributed by atoms with E-state index in [0.29, 0.717) is 0 Å². The maximum Gasteiger partial charge on any atom is 0.238 e. The monoisotopic (exact) mass is 373 g/mol. The van der Waals surface area contributed by atoms with E-state index < -0.39 is 0 Å². The number of ether oxygens (including phenoxy) is 2. The van der Waals surface area contributed by atoms with Gasteiger partial charge in [-0.3, -0.25) is 0 Å². The summed E-state index contributed by atoms with van der Waals surface area (Å²) >= 11 is 0. The van der Waals surface area contributed by atoms with Crippen molar-refractivity contribution in [3.05, 3.63) is 65.9 Å². The number of nitrogens with one attached hydrogen (secondary N) is 1. The minimum Gasteiger partial charge on any atom is -0.497 e. The summed E-state index contributed by atoms with van der Waals surface area (Å²) in [5, 5.41) is 8.01. The number of anilines is 2. The van der Waals surface area contributed by atoms with Crippen LogP contribution in [0.2, 0.25) is 0 Å². The molecule has 2 aromatic heterocycles. The minimum atomic E-state index is -0.176. The molecule has 0 aliphatic carbocycles. The number of methoxy groups -OCH3 is 2. The van der Waals surface area contributed by atoms with Crippen LogP contribution in [-0.4, -0.2) is 28.8 Å². The second-order valence-corrected chi connectivity index (χ2v) is 6.61. The topological polar surface area (TPSA) is 86.7 Å². The molecule has 0 fully saturated rings. The van der Waals surface area contributed by atoms with Crippen LogP contribution in [0.3, 0.4) is 0 Å². The number of fused-ring (bicyclic) bond motifs is 2. The smallest absolute Gasteiger partial charge is 0.238 e. The summed E-state index contributed by atoms with van der Waals surface area (Å²) in [4.78, 5) is 4.56. The Hall–Kier alpha value is -3.74. The number of rotatable bonds is 3. The van der Waals surface area contributed by atoms with E-state index in [2.05, 4.69) is 15.4 Å². The van der Waals surface area contributed by atoms with E-state index in [1.54, 1.807) is 18.7 Å². The predicted octanol–water partition coefficient (Wildman–Crippen LogP) is 3.51. The van der Waals surface area contributed by atoms with Crippen molar-refractivity contribution in [2.75, 3.05) is 25.3 Å². The van der Waals surface area contributed by atoms with E-state index >= 15 is 0 Å². The second-order valence-electron chi connectivity index (χ2n) is 6.61.